The highest BCUT2D eigenvalue weighted by Crippen LogP contribution is 2.35. The number of carbonyl (C=O) groups is 1. The Labute approximate surface area is 131 Å². The number of carbonyl (C=O) groups excluding carboxylic acids is 1. The van der Waals surface area contributed by atoms with Crippen molar-refractivity contribution >= 4 is 28.2 Å². The molecule has 0 saturated heterocycles. The first-order valence-electron chi connectivity index (χ1n) is 7.17. The first-order chi connectivity index (χ1) is 10.8. The van der Waals surface area contributed by atoms with Crippen LogP contribution in [0, 0.1) is 5.92 Å². The summed E-state index contributed by atoms with van der Waals surface area (Å²) in [6, 6.07) is 3.75. The summed E-state index contributed by atoms with van der Waals surface area (Å²) < 4.78 is 0. The Bertz CT molecular complexity index is 613. The molecule has 1 atom stereocenters. The average molecular weight is 319 g/mol. The van der Waals surface area contributed by atoms with Crippen molar-refractivity contribution in [3.63, 3.8) is 0 Å². The Balaban J connectivity index is 1.60. The van der Waals surface area contributed by atoms with Crippen molar-refractivity contribution in [2.75, 3.05) is 17.2 Å². The van der Waals surface area contributed by atoms with E-state index in [1.54, 1.807) is 17.6 Å². The van der Waals surface area contributed by atoms with Gasteiger partial charge in [0.2, 0.25) is 5.13 Å². The molecule has 2 aromatic heterocycles. The number of aliphatic hydroxyl groups is 1. The molecule has 1 aliphatic rings. The summed E-state index contributed by atoms with van der Waals surface area (Å²) in [5, 5.41) is 23.0. The molecule has 1 saturated carbocycles. The predicted molar refractivity (Wildman–Crippen MR) is 83.9 cm³/mol. The highest BCUT2D eigenvalue weighted by atomic mass is 32.1. The van der Waals surface area contributed by atoms with Gasteiger partial charge in [0.1, 0.15) is 11.3 Å². The monoisotopic (exact) mass is 319 g/mol. The number of pyridine rings is 1. The molecule has 0 aliphatic heterocycles. The molecule has 3 N–H and O–H groups in total. The fraction of sp³-hybridized carbons (Fsp3) is 0.429. The number of anilines is 2. The van der Waals surface area contributed by atoms with Gasteiger partial charge in [-0.2, -0.15) is 0 Å². The van der Waals surface area contributed by atoms with E-state index < -0.39 is 0 Å². The average Bonchev–Trinajstić information content (AvgIpc) is 3.26. The molecule has 2 aromatic rings. The van der Waals surface area contributed by atoms with Gasteiger partial charge in [0, 0.05) is 18.8 Å². The van der Waals surface area contributed by atoms with Crippen molar-refractivity contribution in [3.8, 4) is 0 Å². The minimum Gasteiger partial charge on any atom is -0.396 e. The van der Waals surface area contributed by atoms with Crippen LogP contribution in [0.25, 0.3) is 0 Å². The van der Waals surface area contributed by atoms with E-state index >= 15 is 0 Å². The Morgan fingerprint density at radius 3 is 2.91 bits per heavy atom. The van der Waals surface area contributed by atoms with Gasteiger partial charge in [0.05, 0.1) is 5.56 Å². The number of nitrogens with zero attached hydrogens (tertiary/aromatic N) is 3. The minimum atomic E-state index is -0.259. The zero-order chi connectivity index (χ0) is 15.4. The van der Waals surface area contributed by atoms with Gasteiger partial charge >= 0.3 is 0 Å². The Morgan fingerprint density at radius 2 is 2.32 bits per heavy atom. The van der Waals surface area contributed by atoms with E-state index in [9.17, 15) is 4.79 Å². The van der Waals surface area contributed by atoms with Crippen LogP contribution in [-0.2, 0) is 0 Å². The van der Waals surface area contributed by atoms with E-state index in [2.05, 4.69) is 25.8 Å². The first kappa shape index (κ1) is 14.9. The summed E-state index contributed by atoms with van der Waals surface area (Å²) in [5.41, 5.74) is 2.02. The fourth-order valence-electron chi connectivity index (χ4n) is 2.26. The number of aromatic nitrogens is 3. The summed E-state index contributed by atoms with van der Waals surface area (Å²) in [6.07, 6.45) is 4.63. The number of hydrogen-bond acceptors (Lipinski definition) is 7. The van der Waals surface area contributed by atoms with Crippen LogP contribution in [-0.4, -0.2) is 38.8 Å². The smallest absolute Gasteiger partial charge is 0.259 e. The van der Waals surface area contributed by atoms with Gasteiger partial charge in [0.25, 0.3) is 5.91 Å². The van der Waals surface area contributed by atoms with E-state index in [1.807, 2.05) is 0 Å². The molecule has 0 radical (unpaired) electrons. The standard InChI is InChI=1S/C14H17N5O2S/c20-6-5-11(9-1-2-9)17-12-4-3-10(7-15-12)13(21)18-14-19-16-8-22-14/h3-4,7-9,11,20H,1-2,5-6H2,(H,15,17)(H,18,19,21). The van der Waals surface area contributed by atoms with E-state index in [4.69, 9.17) is 5.11 Å². The van der Waals surface area contributed by atoms with Crippen LogP contribution in [0.5, 0.6) is 0 Å². The van der Waals surface area contributed by atoms with Gasteiger partial charge in [-0.15, -0.1) is 10.2 Å². The maximum absolute atomic E-state index is 12.0. The summed E-state index contributed by atoms with van der Waals surface area (Å²) in [4.78, 5) is 16.3. The predicted octanol–water partition coefficient (Wildman–Crippen LogP) is 1.76. The molecule has 8 heteroatoms. The second-order valence-electron chi connectivity index (χ2n) is 5.23. The van der Waals surface area contributed by atoms with Crippen molar-refractivity contribution in [1.29, 1.82) is 0 Å². The van der Waals surface area contributed by atoms with Crippen LogP contribution in [0.1, 0.15) is 29.6 Å². The minimum absolute atomic E-state index is 0.163. The molecule has 0 spiro atoms. The number of aliphatic hydroxyl groups excluding tert-OH is 1. The molecular formula is C14H17N5O2S. The fourth-order valence-corrected chi connectivity index (χ4v) is 2.70. The van der Waals surface area contributed by atoms with Gasteiger partial charge in [0.15, 0.2) is 0 Å². The number of hydrogen-bond donors (Lipinski definition) is 3. The SMILES string of the molecule is O=C(Nc1nncs1)c1ccc(NC(CCO)C2CC2)nc1. The van der Waals surface area contributed by atoms with Crippen molar-refractivity contribution in [2.24, 2.45) is 5.92 Å². The molecule has 1 aliphatic carbocycles. The number of nitrogens with one attached hydrogen (secondary N) is 2. The van der Waals surface area contributed by atoms with Crippen molar-refractivity contribution in [3.05, 3.63) is 29.4 Å². The van der Waals surface area contributed by atoms with Crippen LogP contribution < -0.4 is 10.6 Å². The molecule has 2 heterocycles. The molecule has 22 heavy (non-hydrogen) atoms. The highest BCUT2D eigenvalue weighted by molar-refractivity contribution is 7.13. The third-order valence-electron chi connectivity index (χ3n) is 3.57. The largest absolute Gasteiger partial charge is 0.396 e. The normalized spacial score (nSPS) is 15.3. The number of amides is 1. The second kappa shape index (κ2) is 6.80. The summed E-state index contributed by atoms with van der Waals surface area (Å²) >= 11 is 1.26. The van der Waals surface area contributed by atoms with E-state index in [0.29, 0.717) is 23.0 Å². The van der Waals surface area contributed by atoms with E-state index in [1.165, 1.54) is 30.4 Å². The lowest BCUT2D eigenvalue weighted by atomic mass is 10.1. The molecule has 1 unspecified atom stereocenters. The lowest BCUT2D eigenvalue weighted by Gasteiger charge is -2.17. The molecule has 0 bridgehead atoms. The van der Waals surface area contributed by atoms with Crippen molar-refractivity contribution in [2.45, 2.75) is 25.3 Å². The maximum Gasteiger partial charge on any atom is 0.259 e. The quantitative estimate of drug-likeness (QED) is 0.719. The molecule has 116 valence electrons. The third kappa shape index (κ3) is 3.77. The summed E-state index contributed by atoms with van der Waals surface area (Å²) in [7, 11) is 0. The van der Waals surface area contributed by atoms with Gasteiger partial charge in [-0.1, -0.05) is 11.3 Å². The Kier molecular flexibility index (Phi) is 4.59. The van der Waals surface area contributed by atoms with Gasteiger partial charge < -0.3 is 10.4 Å². The zero-order valence-corrected chi connectivity index (χ0v) is 12.7. The van der Waals surface area contributed by atoms with Crippen molar-refractivity contribution in [1.82, 2.24) is 15.2 Å². The van der Waals surface area contributed by atoms with E-state index in [-0.39, 0.29) is 18.6 Å². The summed E-state index contributed by atoms with van der Waals surface area (Å²) in [6.45, 7) is 0.163. The molecule has 1 amide bonds. The lowest BCUT2D eigenvalue weighted by molar-refractivity contribution is 0.102. The van der Waals surface area contributed by atoms with Gasteiger partial charge in [-0.05, 0) is 37.3 Å². The molecule has 1 fully saturated rings. The van der Waals surface area contributed by atoms with Crippen LogP contribution in [0.3, 0.4) is 0 Å². The first-order valence-corrected chi connectivity index (χ1v) is 8.05. The molecule has 7 nitrogen and oxygen atoms in total. The second-order valence-corrected chi connectivity index (χ2v) is 6.06. The molecule has 3 rings (SSSR count). The zero-order valence-electron chi connectivity index (χ0n) is 11.9. The molecular weight excluding hydrogens is 302 g/mol. The Hall–Kier alpha value is -2.06. The highest BCUT2D eigenvalue weighted by Gasteiger charge is 2.30. The van der Waals surface area contributed by atoms with Gasteiger partial charge in [-0.3, -0.25) is 10.1 Å². The topological polar surface area (TPSA) is 100 Å². The lowest BCUT2D eigenvalue weighted by Crippen LogP contribution is -2.24. The van der Waals surface area contributed by atoms with Gasteiger partial charge in [-0.25, -0.2) is 4.98 Å². The van der Waals surface area contributed by atoms with Crippen LogP contribution in [0.2, 0.25) is 0 Å². The Morgan fingerprint density at radius 1 is 1.45 bits per heavy atom. The van der Waals surface area contributed by atoms with Crippen molar-refractivity contribution < 1.29 is 9.90 Å². The number of rotatable bonds is 7. The van der Waals surface area contributed by atoms with Crippen LogP contribution >= 0.6 is 11.3 Å². The van der Waals surface area contributed by atoms with Crippen LogP contribution in [0.15, 0.2) is 23.8 Å². The van der Waals surface area contributed by atoms with E-state index in [0.717, 1.165) is 5.82 Å². The summed E-state index contributed by atoms with van der Waals surface area (Å²) in [5.74, 6) is 1.08. The molecule has 0 aromatic carbocycles. The van der Waals surface area contributed by atoms with Crippen LogP contribution in [0.4, 0.5) is 10.9 Å². The third-order valence-corrected chi connectivity index (χ3v) is 4.18. The maximum atomic E-state index is 12.0.